The first kappa shape index (κ1) is 14.2. The number of aromatic nitrogens is 1. The van der Waals surface area contributed by atoms with Gasteiger partial charge < -0.3 is 5.32 Å². The van der Waals surface area contributed by atoms with Gasteiger partial charge in [-0.2, -0.15) is 15.7 Å². The summed E-state index contributed by atoms with van der Waals surface area (Å²) in [4.78, 5) is 12.0. The van der Waals surface area contributed by atoms with Crippen molar-refractivity contribution in [1.29, 1.82) is 0 Å². The highest BCUT2D eigenvalue weighted by atomic mass is 32.1. The molecule has 1 atom stereocenters. The van der Waals surface area contributed by atoms with Crippen molar-refractivity contribution in [1.82, 2.24) is 4.37 Å². The topological polar surface area (TPSA) is 42.0 Å². The van der Waals surface area contributed by atoms with Crippen molar-refractivity contribution in [3.63, 3.8) is 0 Å². The number of nitrogens with zero attached hydrogens (tertiary/aromatic N) is 1. The van der Waals surface area contributed by atoms with Crippen LogP contribution >= 0.6 is 22.9 Å². The van der Waals surface area contributed by atoms with Crippen LogP contribution in [0, 0.1) is 0 Å². The number of benzene rings is 1. The van der Waals surface area contributed by atoms with E-state index in [1.165, 1.54) is 17.1 Å². The average Bonchev–Trinajstić information content (AvgIpc) is 3.15. The third-order valence-electron chi connectivity index (χ3n) is 3.56. The molecule has 0 saturated heterocycles. The third kappa shape index (κ3) is 3.49. The molecule has 0 aliphatic carbocycles. The van der Waals surface area contributed by atoms with Crippen LogP contribution < -0.4 is 5.32 Å². The van der Waals surface area contributed by atoms with E-state index in [2.05, 4.69) is 33.4 Å². The quantitative estimate of drug-likeness (QED) is 0.729. The van der Waals surface area contributed by atoms with Crippen LogP contribution in [-0.4, -0.2) is 10.3 Å². The van der Waals surface area contributed by atoms with E-state index < -0.39 is 0 Å². The SMILES string of the molecule is CC(CCC(=O)Nc1ccc2cnsc2c1)c1ccsc1. The van der Waals surface area contributed by atoms with Gasteiger partial charge in [-0.15, -0.1) is 0 Å². The maximum atomic E-state index is 12.0. The summed E-state index contributed by atoms with van der Waals surface area (Å²) in [5.41, 5.74) is 2.17. The molecule has 1 aromatic carbocycles. The zero-order valence-corrected chi connectivity index (χ0v) is 13.3. The maximum absolute atomic E-state index is 12.0. The standard InChI is InChI=1S/C16H16N2OS2/c1-11(13-6-7-20-10-13)2-5-16(19)18-14-4-3-12-9-17-21-15(12)8-14/h3-4,6-11H,2,5H2,1H3,(H,18,19). The van der Waals surface area contributed by atoms with Crippen LogP contribution in [0.3, 0.4) is 0 Å². The molecule has 0 aliphatic heterocycles. The summed E-state index contributed by atoms with van der Waals surface area (Å²) in [7, 11) is 0. The molecule has 0 saturated carbocycles. The van der Waals surface area contributed by atoms with Crippen LogP contribution in [0.5, 0.6) is 0 Å². The molecular formula is C16H16N2OS2. The van der Waals surface area contributed by atoms with Gasteiger partial charge in [0.05, 0.1) is 4.70 Å². The molecule has 0 aliphatic rings. The Morgan fingerprint density at radius 2 is 2.29 bits per heavy atom. The van der Waals surface area contributed by atoms with Gasteiger partial charge >= 0.3 is 0 Å². The van der Waals surface area contributed by atoms with Crippen molar-refractivity contribution >= 4 is 44.5 Å². The van der Waals surface area contributed by atoms with Crippen molar-refractivity contribution < 1.29 is 4.79 Å². The molecule has 1 amide bonds. The van der Waals surface area contributed by atoms with Crippen molar-refractivity contribution in [2.45, 2.75) is 25.7 Å². The van der Waals surface area contributed by atoms with Crippen LogP contribution in [0.2, 0.25) is 0 Å². The summed E-state index contributed by atoms with van der Waals surface area (Å²) in [6, 6.07) is 8.03. The van der Waals surface area contributed by atoms with Gasteiger partial charge in [-0.3, -0.25) is 4.79 Å². The Morgan fingerprint density at radius 1 is 1.38 bits per heavy atom. The number of anilines is 1. The number of fused-ring (bicyclic) bond motifs is 1. The van der Waals surface area contributed by atoms with Gasteiger partial charge in [-0.05, 0) is 64.5 Å². The van der Waals surface area contributed by atoms with Crippen LogP contribution in [0.4, 0.5) is 5.69 Å². The molecule has 0 spiro atoms. The highest BCUT2D eigenvalue weighted by Crippen LogP contribution is 2.24. The Morgan fingerprint density at radius 3 is 3.10 bits per heavy atom. The smallest absolute Gasteiger partial charge is 0.224 e. The Bertz CT molecular complexity index is 734. The first-order valence-electron chi connectivity index (χ1n) is 6.89. The van der Waals surface area contributed by atoms with Crippen LogP contribution in [0.1, 0.15) is 31.2 Å². The minimum Gasteiger partial charge on any atom is -0.326 e. The van der Waals surface area contributed by atoms with E-state index in [-0.39, 0.29) is 5.91 Å². The summed E-state index contributed by atoms with van der Waals surface area (Å²) in [5, 5.41) is 8.31. The summed E-state index contributed by atoms with van der Waals surface area (Å²) in [6.45, 7) is 2.17. The molecule has 1 unspecified atom stereocenters. The molecule has 2 heterocycles. The van der Waals surface area contributed by atoms with Crippen molar-refractivity contribution in [2.24, 2.45) is 0 Å². The second-order valence-corrected chi connectivity index (χ2v) is 6.74. The Labute approximate surface area is 131 Å². The number of carbonyl (C=O) groups is 1. The van der Waals surface area contributed by atoms with E-state index in [9.17, 15) is 4.79 Å². The fourth-order valence-electron chi connectivity index (χ4n) is 2.23. The van der Waals surface area contributed by atoms with Gasteiger partial charge in [0, 0.05) is 23.7 Å². The fourth-order valence-corrected chi connectivity index (χ4v) is 3.70. The molecule has 0 fully saturated rings. The van der Waals surface area contributed by atoms with Gasteiger partial charge in [-0.1, -0.05) is 6.92 Å². The summed E-state index contributed by atoms with van der Waals surface area (Å²) in [6.07, 6.45) is 3.25. The predicted octanol–water partition coefficient (Wildman–Crippen LogP) is 4.88. The van der Waals surface area contributed by atoms with E-state index in [4.69, 9.17) is 0 Å². The lowest BCUT2D eigenvalue weighted by Gasteiger charge is -2.10. The first-order chi connectivity index (χ1) is 10.2. The van der Waals surface area contributed by atoms with Gasteiger partial charge in [0.15, 0.2) is 0 Å². The van der Waals surface area contributed by atoms with Gasteiger partial charge in [0.1, 0.15) is 0 Å². The largest absolute Gasteiger partial charge is 0.326 e. The number of hydrogen-bond donors (Lipinski definition) is 1. The molecule has 2 aromatic heterocycles. The molecule has 5 heteroatoms. The van der Waals surface area contributed by atoms with Crippen LogP contribution in [0.15, 0.2) is 41.2 Å². The minimum atomic E-state index is 0.0703. The van der Waals surface area contributed by atoms with E-state index in [1.54, 1.807) is 11.3 Å². The molecule has 3 aromatic rings. The predicted molar refractivity (Wildman–Crippen MR) is 90.2 cm³/mol. The minimum absolute atomic E-state index is 0.0703. The van der Waals surface area contributed by atoms with Gasteiger partial charge in [0.25, 0.3) is 0 Å². The molecule has 0 bridgehead atoms. The van der Waals surface area contributed by atoms with Gasteiger partial charge in [0.2, 0.25) is 5.91 Å². The number of thiophene rings is 1. The maximum Gasteiger partial charge on any atom is 0.224 e. The average molecular weight is 316 g/mol. The number of rotatable bonds is 5. The van der Waals surface area contributed by atoms with Crippen molar-refractivity contribution in [3.8, 4) is 0 Å². The van der Waals surface area contributed by atoms with Crippen LogP contribution in [-0.2, 0) is 4.79 Å². The number of carbonyl (C=O) groups excluding carboxylic acids is 1. The second-order valence-electron chi connectivity index (χ2n) is 5.12. The Kier molecular flexibility index (Phi) is 4.31. The Balaban J connectivity index is 1.56. The van der Waals surface area contributed by atoms with Gasteiger partial charge in [-0.25, -0.2) is 0 Å². The van der Waals surface area contributed by atoms with E-state index in [1.807, 2.05) is 24.4 Å². The number of nitrogens with one attached hydrogen (secondary N) is 1. The lowest BCUT2D eigenvalue weighted by atomic mass is 9.99. The first-order valence-corrected chi connectivity index (χ1v) is 8.60. The molecule has 1 N–H and O–H groups in total. The molecule has 108 valence electrons. The molecule has 3 rings (SSSR count). The summed E-state index contributed by atoms with van der Waals surface area (Å²) >= 11 is 3.15. The summed E-state index contributed by atoms with van der Waals surface area (Å²) in [5.74, 6) is 0.493. The highest BCUT2D eigenvalue weighted by molar-refractivity contribution is 7.13. The van der Waals surface area contributed by atoms with E-state index in [0.717, 1.165) is 22.2 Å². The van der Waals surface area contributed by atoms with Crippen molar-refractivity contribution in [3.05, 3.63) is 46.8 Å². The molecule has 0 radical (unpaired) electrons. The van der Waals surface area contributed by atoms with Crippen LogP contribution in [0.25, 0.3) is 10.1 Å². The highest BCUT2D eigenvalue weighted by Gasteiger charge is 2.10. The molecular weight excluding hydrogens is 300 g/mol. The fraction of sp³-hybridized carbons (Fsp3) is 0.250. The zero-order chi connectivity index (χ0) is 14.7. The third-order valence-corrected chi connectivity index (χ3v) is 5.02. The number of amides is 1. The molecule has 3 nitrogen and oxygen atoms in total. The monoisotopic (exact) mass is 316 g/mol. The van der Waals surface area contributed by atoms with Crippen molar-refractivity contribution in [2.75, 3.05) is 5.32 Å². The van der Waals surface area contributed by atoms with E-state index in [0.29, 0.717) is 12.3 Å². The zero-order valence-electron chi connectivity index (χ0n) is 11.7. The number of hydrogen-bond acceptors (Lipinski definition) is 4. The normalized spacial score (nSPS) is 12.4. The lowest BCUT2D eigenvalue weighted by molar-refractivity contribution is -0.116. The lowest BCUT2D eigenvalue weighted by Crippen LogP contribution is -2.12. The van der Waals surface area contributed by atoms with E-state index >= 15 is 0 Å². The Hall–Kier alpha value is -1.72. The molecule has 21 heavy (non-hydrogen) atoms. The second kappa shape index (κ2) is 6.37. The summed E-state index contributed by atoms with van der Waals surface area (Å²) < 4.78 is 5.24.